The third-order valence-electron chi connectivity index (χ3n) is 7.84. The Morgan fingerprint density at radius 3 is 1.91 bits per heavy atom. The lowest BCUT2D eigenvalue weighted by Crippen LogP contribution is -2.59. The van der Waals surface area contributed by atoms with E-state index in [0.717, 1.165) is 77.0 Å². The van der Waals surface area contributed by atoms with Crippen LogP contribution in [0.1, 0.15) is 129 Å². The van der Waals surface area contributed by atoms with E-state index >= 15 is 0 Å². The van der Waals surface area contributed by atoms with Crippen LogP contribution >= 0.6 is 0 Å². The summed E-state index contributed by atoms with van der Waals surface area (Å²) in [6.07, 6.45) is 17.9. The number of allylic oxidation sites excluding steroid dienone is 4. The van der Waals surface area contributed by atoms with Crippen LogP contribution in [-0.2, 0) is 28.5 Å². The zero-order valence-corrected chi connectivity index (χ0v) is 27.9. The van der Waals surface area contributed by atoms with Gasteiger partial charge in [-0.3, -0.25) is 9.59 Å². The number of carbonyl (C=O) groups excluding carboxylic acids is 2. The standard InChI is InChI=1S/C35H62O10/c1-3-5-7-9-11-12-13-14-15-16-17-18-20-22-24-31(38)44-28(26-42-30(37)23-21-19-10-8-6-4-2)27-43-35-34(41)33(40)32(39)29(25-36)45-35/h9,11,13-14,28-29,32-36,39-41H,3-8,10,12,15-27H2,1-2H3/b11-9-,14-13-. The summed E-state index contributed by atoms with van der Waals surface area (Å²) < 4.78 is 21.9. The molecule has 10 heteroatoms. The largest absolute Gasteiger partial charge is 0.462 e. The number of ether oxygens (including phenoxy) is 4. The molecule has 45 heavy (non-hydrogen) atoms. The Hall–Kier alpha value is -1.82. The average Bonchev–Trinajstić information content (AvgIpc) is 3.03. The Kier molecular flexibility index (Phi) is 25.0. The summed E-state index contributed by atoms with van der Waals surface area (Å²) in [6, 6.07) is 0. The van der Waals surface area contributed by atoms with E-state index in [1.807, 2.05) is 0 Å². The van der Waals surface area contributed by atoms with Crippen molar-refractivity contribution in [1.29, 1.82) is 0 Å². The van der Waals surface area contributed by atoms with Gasteiger partial charge in [0, 0.05) is 12.8 Å². The molecule has 6 atom stereocenters. The molecule has 1 saturated heterocycles. The van der Waals surface area contributed by atoms with Gasteiger partial charge in [-0.1, -0.05) is 102 Å². The zero-order chi connectivity index (χ0) is 33.1. The quantitative estimate of drug-likeness (QED) is 0.0518. The number of carbonyl (C=O) groups is 2. The van der Waals surface area contributed by atoms with Gasteiger partial charge in [-0.15, -0.1) is 0 Å². The molecule has 1 aliphatic rings. The summed E-state index contributed by atoms with van der Waals surface area (Å²) in [7, 11) is 0. The van der Waals surface area contributed by atoms with Gasteiger partial charge in [-0.2, -0.15) is 0 Å². The van der Waals surface area contributed by atoms with Gasteiger partial charge in [0.25, 0.3) is 0 Å². The van der Waals surface area contributed by atoms with Crippen LogP contribution in [0.5, 0.6) is 0 Å². The lowest BCUT2D eigenvalue weighted by atomic mass is 9.99. The van der Waals surface area contributed by atoms with E-state index in [1.54, 1.807) is 0 Å². The van der Waals surface area contributed by atoms with Crippen LogP contribution in [0, 0.1) is 0 Å². The smallest absolute Gasteiger partial charge is 0.306 e. The van der Waals surface area contributed by atoms with E-state index in [9.17, 15) is 30.0 Å². The Bertz CT molecular complexity index is 799. The molecule has 0 saturated carbocycles. The van der Waals surface area contributed by atoms with Crippen LogP contribution in [-0.4, -0.2) is 89.0 Å². The fourth-order valence-electron chi connectivity index (χ4n) is 4.97. The molecule has 6 unspecified atom stereocenters. The van der Waals surface area contributed by atoms with Crippen molar-refractivity contribution < 1.29 is 49.0 Å². The molecule has 10 nitrogen and oxygen atoms in total. The first-order valence-electron chi connectivity index (χ1n) is 17.4. The first kappa shape index (κ1) is 41.2. The van der Waals surface area contributed by atoms with Crippen molar-refractivity contribution >= 4 is 11.9 Å². The third-order valence-corrected chi connectivity index (χ3v) is 7.84. The summed E-state index contributed by atoms with van der Waals surface area (Å²) in [5, 5.41) is 39.7. The molecule has 262 valence electrons. The highest BCUT2D eigenvalue weighted by Gasteiger charge is 2.44. The second-order valence-corrected chi connectivity index (χ2v) is 12.0. The van der Waals surface area contributed by atoms with Crippen LogP contribution in [0.15, 0.2) is 24.3 Å². The Morgan fingerprint density at radius 1 is 0.689 bits per heavy atom. The minimum atomic E-state index is -1.59. The molecule has 1 fully saturated rings. The molecular weight excluding hydrogens is 580 g/mol. The van der Waals surface area contributed by atoms with Crippen LogP contribution in [0.4, 0.5) is 0 Å². The van der Waals surface area contributed by atoms with E-state index in [2.05, 4.69) is 38.2 Å². The summed E-state index contributed by atoms with van der Waals surface area (Å²) in [5.41, 5.74) is 0. The van der Waals surface area contributed by atoms with Gasteiger partial charge in [-0.25, -0.2) is 0 Å². The molecule has 0 spiro atoms. The van der Waals surface area contributed by atoms with Gasteiger partial charge >= 0.3 is 11.9 Å². The maximum atomic E-state index is 12.6. The predicted octanol–water partition coefficient (Wildman–Crippen LogP) is 5.43. The highest BCUT2D eigenvalue weighted by molar-refractivity contribution is 5.70. The fraction of sp³-hybridized carbons (Fsp3) is 0.829. The van der Waals surface area contributed by atoms with Crippen molar-refractivity contribution in [3.8, 4) is 0 Å². The van der Waals surface area contributed by atoms with E-state index in [1.165, 1.54) is 19.3 Å². The third kappa shape index (κ3) is 20.1. The molecule has 1 aliphatic heterocycles. The molecular formula is C35H62O10. The molecule has 0 aliphatic carbocycles. The van der Waals surface area contributed by atoms with Crippen molar-refractivity contribution in [2.24, 2.45) is 0 Å². The SMILES string of the molecule is CCCC/C=C\C/C=C\CCCCCCCC(=O)OC(COC(=O)CCCCCCCC)COC1OC(CO)C(O)C(O)C1O. The first-order chi connectivity index (χ1) is 21.8. The van der Waals surface area contributed by atoms with Gasteiger partial charge in [0.05, 0.1) is 13.2 Å². The number of hydrogen-bond acceptors (Lipinski definition) is 10. The van der Waals surface area contributed by atoms with Gasteiger partial charge in [0.2, 0.25) is 0 Å². The first-order valence-corrected chi connectivity index (χ1v) is 17.4. The molecule has 0 radical (unpaired) electrons. The fourth-order valence-corrected chi connectivity index (χ4v) is 4.97. The Labute approximate surface area is 271 Å². The van der Waals surface area contributed by atoms with Gasteiger partial charge < -0.3 is 39.4 Å². The summed E-state index contributed by atoms with van der Waals surface area (Å²) in [5.74, 6) is -0.836. The van der Waals surface area contributed by atoms with Crippen molar-refractivity contribution in [3.63, 3.8) is 0 Å². The van der Waals surface area contributed by atoms with Crippen LogP contribution in [0.3, 0.4) is 0 Å². The van der Waals surface area contributed by atoms with Crippen LogP contribution < -0.4 is 0 Å². The van der Waals surface area contributed by atoms with Crippen LogP contribution in [0.2, 0.25) is 0 Å². The van der Waals surface area contributed by atoms with Gasteiger partial charge in [0.15, 0.2) is 12.4 Å². The molecule has 0 aromatic rings. The Morgan fingerprint density at radius 2 is 1.27 bits per heavy atom. The maximum absolute atomic E-state index is 12.6. The minimum Gasteiger partial charge on any atom is -0.462 e. The average molecular weight is 643 g/mol. The van der Waals surface area contributed by atoms with E-state index < -0.39 is 55.4 Å². The molecule has 0 aromatic heterocycles. The predicted molar refractivity (Wildman–Crippen MR) is 173 cm³/mol. The van der Waals surface area contributed by atoms with Crippen LogP contribution in [0.25, 0.3) is 0 Å². The number of hydrogen-bond donors (Lipinski definition) is 4. The monoisotopic (exact) mass is 642 g/mol. The number of aliphatic hydroxyl groups excluding tert-OH is 4. The number of aliphatic hydroxyl groups is 4. The molecule has 0 aromatic carbocycles. The van der Waals surface area contributed by atoms with Crippen molar-refractivity contribution in [1.82, 2.24) is 0 Å². The van der Waals surface area contributed by atoms with Crippen molar-refractivity contribution in [3.05, 3.63) is 24.3 Å². The number of unbranched alkanes of at least 4 members (excludes halogenated alkanes) is 12. The van der Waals surface area contributed by atoms with Crippen molar-refractivity contribution in [2.75, 3.05) is 19.8 Å². The van der Waals surface area contributed by atoms with E-state index in [4.69, 9.17) is 18.9 Å². The molecule has 0 bridgehead atoms. The van der Waals surface area contributed by atoms with Gasteiger partial charge in [-0.05, 0) is 38.5 Å². The van der Waals surface area contributed by atoms with E-state index in [0.29, 0.717) is 6.42 Å². The number of rotatable bonds is 27. The highest BCUT2D eigenvalue weighted by atomic mass is 16.7. The summed E-state index contributed by atoms with van der Waals surface area (Å²) in [4.78, 5) is 24.9. The van der Waals surface area contributed by atoms with Gasteiger partial charge in [0.1, 0.15) is 31.0 Å². The molecule has 1 heterocycles. The van der Waals surface area contributed by atoms with E-state index in [-0.39, 0.29) is 26.1 Å². The Balaban J connectivity index is 2.43. The zero-order valence-electron chi connectivity index (χ0n) is 27.9. The number of esters is 2. The highest BCUT2D eigenvalue weighted by Crippen LogP contribution is 2.22. The minimum absolute atomic E-state index is 0.215. The molecule has 0 amide bonds. The normalized spacial score (nSPS) is 22.7. The summed E-state index contributed by atoms with van der Waals surface area (Å²) in [6.45, 7) is 3.26. The van der Waals surface area contributed by atoms with Crippen molar-refractivity contribution in [2.45, 2.75) is 166 Å². The second kappa shape index (κ2) is 27.3. The molecule has 4 N–H and O–H groups in total. The topological polar surface area (TPSA) is 152 Å². The second-order valence-electron chi connectivity index (χ2n) is 12.0. The lowest BCUT2D eigenvalue weighted by molar-refractivity contribution is -0.305. The maximum Gasteiger partial charge on any atom is 0.306 e. The summed E-state index contributed by atoms with van der Waals surface area (Å²) >= 11 is 0. The lowest BCUT2D eigenvalue weighted by Gasteiger charge is -2.39. The molecule has 1 rings (SSSR count).